The fraction of sp³-hybridized carbons (Fsp3) is 0.0870. The Hall–Kier alpha value is -2.50. The fourth-order valence-corrected chi connectivity index (χ4v) is 4.25. The summed E-state index contributed by atoms with van der Waals surface area (Å²) in [5.41, 5.74) is 3.41. The topological polar surface area (TPSA) is 76.4 Å². The minimum absolute atomic E-state index is 0.181. The number of thiocarbonyl (C=S) groups is 1. The van der Waals surface area contributed by atoms with E-state index in [9.17, 15) is 4.79 Å². The lowest BCUT2D eigenvalue weighted by Gasteiger charge is -2.11. The summed E-state index contributed by atoms with van der Waals surface area (Å²) in [6, 6.07) is 18.5. The van der Waals surface area contributed by atoms with Crippen LogP contribution in [0, 0.1) is 3.57 Å². The van der Waals surface area contributed by atoms with Crippen molar-refractivity contribution in [3.05, 3.63) is 74.3 Å². The van der Waals surface area contributed by atoms with Gasteiger partial charge < -0.3 is 14.5 Å². The molecule has 1 aromatic heterocycles. The molecule has 9 heteroatoms. The van der Waals surface area contributed by atoms with Crippen LogP contribution in [0.3, 0.4) is 0 Å². The third-order valence-corrected chi connectivity index (χ3v) is 5.93. The van der Waals surface area contributed by atoms with Crippen LogP contribution in [0.15, 0.2) is 69.6 Å². The number of carbonyl (C=O) groups excluding carboxylic acids is 1. The van der Waals surface area contributed by atoms with E-state index in [1.165, 1.54) is 0 Å². The number of nitrogens with zero attached hydrogens (tertiary/aromatic N) is 1. The van der Waals surface area contributed by atoms with Gasteiger partial charge in [0, 0.05) is 20.4 Å². The SMILES string of the molecule is CCOc1ccc(C(=O)NC(=S)Nc2ccc3oc(-c4cccc(I)c4)nc3c2)cc1Br. The molecular weight excluding hydrogens is 605 g/mol. The van der Waals surface area contributed by atoms with E-state index < -0.39 is 0 Å². The van der Waals surface area contributed by atoms with Gasteiger partial charge in [0.1, 0.15) is 11.3 Å². The zero-order valence-corrected chi connectivity index (χ0v) is 21.4. The molecule has 32 heavy (non-hydrogen) atoms. The van der Waals surface area contributed by atoms with E-state index in [-0.39, 0.29) is 11.0 Å². The Balaban J connectivity index is 1.45. The summed E-state index contributed by atoms with van der Waals surface area (Å²) in [6.07, 6.45) is 0. The van der Waals surface area contributed by atoms with Gasteiger partial charge in [0.05, 0.1) is 11.1 Å². The molecule has 0 saturated heterocycles. The van der Waals surface area contributed by atoms with Crippen LogP contribution in [0.5, 0.6) is 5.75 Å². The highest BCUT2D eigenvalue weighted by molar-refractivity contribution is 14.1. The maximum atomic E-state index is 12.5. The quantitative estimate of drug-likeness (QED) is 0.199. The van der Waals surface area contributed by atoms with E-state index in [1.54, 1.807) is 18.2 Å². The third kappa shape index (κ3) is 5.28. The number of carbonyl (C=O) groups is 1. The van der Waals surface area contributed by atoms with Crippen LogP contribution in [-0.4, -0.2) is 22.6 Å². The molecule has 4 rings (SSSR count). The number of fused-ring (bicyclic) bond motifs is 1. The molecule has 0 saturated carbocycles. The van der Waals surface area contributed by atoms with Gasteiger partial charge in [-0.3, -0.25) is 10.1 Å². The predicted octanol–water partition coefficient (Wildman–Crippen LogP) is 6.39. The Kier molecular flexibility index (Phi) is 7.07. The highest BCUT2D eigenvalue weighted by Gasteiger charge is 2.13. The highest BCUT2D eigenvalue weighted by atomic mass is 127. The van der Waals surface area contributed by atoms with Crippen molar-refractivity contribution in [2.75, 3.05) is 11.9 Å². The molecule has 162 valence electrons. The van der Waals surface area contributed by atoms with E-state index in [1.807, 2.05) is 49.4 Å². The van der Waals surface area contributed by atoms with Crippen molar-refractivity contribution < 1.29 is 13.9 Å². The second-order valence-electron chi connectivity index (χ2n) is 6.70. The minimum atomic E-state index is -0.324. The normalized spacial score (nSPS) is 10.7. The molecule has 1 heterocycles. The predicted molar refractivity (Wildman–Crippen MR) is 141 cm³/mol. The molecule has 0 aliphatic heterocycles. The number of ether oxygens (including phenoxy) is 1. The number of anilines is 1. The first-order valence-corrected chi connectivity index (χ1v) is 11.9. The van der Waals surface area contributed by atoms with Crippen LogP contribution in [0.2, 0.25) is 0 Å². The molecule has 6 nitrogen and oxygen atoms in total. The number of oxazole rings is 1. The van der Waals surface area contributed by atoms with Gasteiger partial charge in [-0.15, -0.1) is 0 Å². The maximum Gasteiger partial charge on any atom is 0.257 e. The van der Waals surface area contributed by atoms with Crippen molar-refractivity contribution in [3.8, 4) is 17.2 Å². The zero-order valence-electron chi connectivity index (χ0n) is 16.8. The van der Waals surface area contributed by atoms with Crippen LogP contribution < -0.4 is 15.4 Å². The summed E-state index contributed by atoms with van der Waals surface area (Å²) < 4.78 is 13.1. The second-order valence-corrected chi connectivity index (χ2v) is 9.21. The third-order valence-electron chi connectivity index (χ3n) is 4.44. The van der Waals surface area contributed by atoms with Gasteiger partial charge in [-0.05, 0) is 112 Å². The van der Waals surface area contributed by atoms with Crippen molar-refractivity contribution in [2.24, 2.45) is 0 Å². The molecule has 1 amide bonds. The summed E-state index contributed by atoms with van der Waals surface area (Å²) in [6.45, 7) is 2.44. The van der Waals surface area contributed by atoms with E-state index in [0.29, 0.717) is 45.1 Å². The number of nitrogens with one attached hydrogen (secondary N) is 2. The van der Waals surface area contributed by atoms with Gasteiger partial charge in [0.25, 0.3) is 5.91 Å². The summed E-state index contributed by atoms with van der Waals surface area (Å²) >= 11 is 11.0. The molecule has 0 bridgehead atoms. The first kappa shape index (κ1) is 22.7. The van der Waals surface area contributed by atoms with Crippen molar-refractivity contribution in [2.45, 2.75) is 6.92 Å². The molecule has 2 N–H and O–H groups in total. The second kappa shape index (κ2) is 9.97. The Labute approximate surface area is 212 Å². The van der Waals surface area contributed by atoms with Gasteiger partial charge >= 0.3 is 0 Å². The van der Waals surface area contributed by atoms with E-state index in [0.717, 1.165) is 9.13 Å². The van der Waals surface area contributed by atoms with Gasteiger partial charge in [-0.1, -0.05) is 6.07 Å². The Morgan fingerprint density at radius 1 is 1.19 bits per heavy atom. The fourth-order valence-electron chi connectivity index (χ4n) is 3.00. The first-order chi connectivity index (χ1) is 15.4. The number of halogens is 2. The largest absolute Gasteiger partial charge is 0.493 e. The summed E-state index contributed by atoms with van der Waals surface area (Å²) in [5, 5.41) is 5.88. The maximum absolute atomic E-state index is 12.5. The number of benzene rings is 3. The molecule has 0 aliphatic rings. The molecule has 0 radical (unpaired) electrons. The van der Waals surface area contributed by atoms with Gasteiger partial charge in [-0.2, -0.15) is 0 Å². The Bertz CT molecular complexity index is 1330. The molecule has 0 fully saturated rings. The highest BCUT2D eigenvalue weighted by Crippen LogP contribution is 2.28. The lowest BCUT2D eigenvalue weighted by Crippen LogP contribution is -2.34. The smallest absolute Gasteiger partial charge is 0.257 e. The Morgan fingerprint density at radius 2 is 2.03 bits per heavy atom. The molecule has 0 atom stereocenters. The van der Waals surface area contributed by atoms with Crippen molar-refractivity contribution in [3.63, 3.8) is 0 Å². The monoisotopic (exact) mass is 621 g/mol. The average Bonchev–Trinajstić information content (AvgIpc) is 3.18. The van der Waals surface area contributed by atoms with E-state index in [2.05, 4.69) is 54.1 Å². The van der Waals surface area contributed by atoms with E-state index in [4.69, 9.17) is 21.4 Å². The minimum Gasteiger partial charge on any atom is -0.493 e. The van der Waals surface area contributed by atoms with Crippen LogP contribution >= 0.6 is 50.7 Å². The van der Waals surface area contributed by atoms with Gasteiger partial charge in [-0.25, -0.2) is 4.98 Å². The van der Waals surface area contributed by atoms with Crippen LogP contribution in [0.1, 0.15) is 17.3 Å². The number of hydrogen-bond acceptors (Lipinski definition) is 5. The summed E-state index contributed by atoms with van der Waals surface area (Å²) in [7, 11) is 0. The zero-order chi connectivity index (χ0) is 22.7. The lowest BCUT2D eigenvalue weighted by molar-refractivity contribution is 0.0977. The van der Waals surface area contributed by atoms with Gasteiger partial charge in [0.2, 0.25) is 5.89 Å². The summed E-state index contributed by atoms with van der Waals surface area (Å²) in [5.74, 6) is 0.901. The standard InChI is InChI=1S/C23H17BrIN3O3S/c1-2-30-19-8-6-13(11-17(19)24)21(29)28-23(32)26-16-7-9-20-18(12-16)27-22(31-20)14-4-3-5-15(25)10-14/h3-12H,2H2,1H3,(H2,26,28,29,32). The Morgan fingerprint density at radius 3 is 2.78 bits per heavy atom. The van der Waals surface area contributed by atoms with Gasteiger partial charge in [0.15, 0.2) is 10.7 Å². The average molecular weight is 622 g/mol. The van der Waals surface area contributed by atoms with Crippen LogP contribution in [-0.2, 0) is 0 Å². The summed E-state index contributed by atoms with van der Waals surface area (Å²) in [4.78, 5) is 17.1. The molecule has 0 unspecified atom stereocenters. The number of hydrogen-bond donors (Lipinski definition) is 2. The number of aromatic nitrogens is 1. The van der Waals surface area contributed by atoms with Crippen LogP contribution in [0.25, 0.3) is 22.6 Å². The molecular formula is C23H17BrIN3O3S. The van der Waals surface area contributed by atoms with Crippen molar-refractivity contribution >= 4 is 78.5 Å². The number of rotatable bonds is 5. The lowest BCUT2D eigenvalue weighted by atomic mass is 10.2. The van der Waals surface area contributed by atoms with Crippen molar-refractivity contribution in [1.29, 1.82) is 0 Å². The number of amides is 1. The van der Waals surface area contributed by atoms with E-state index >= 15 is 0 Å². The molecule has 4 aromatic rings. The molecule has 0 spiro atoms. The van der Waals surface area contributed by atoms with Crippen LogP contribution in [0.4, 0.5) is 5.69 Å². The molecule has 0 aliphatic carbocycles. The molecule has 3 aromatic carbocycles. The van der Waals surface area contributed by atoms with Crippen molar-refractivity contribution in [1.82, 2.24) is 10.3 Å². The first-order valence-electron chi connectivity index (χ1n) is 9.64.